The van der Waals surface area contributed by atoms with Crippen molar-refractivity contribution < 1.29 is 18.1 Å². The van der Waals surface area contributed by atoms with Gasteiger partial charge in [-0.25, -0.2) is 0 Å². The van der Waals surface area contributed by atoms with Gasteiger partial charge in [0, 0.05) is 0 Å². The highest BCUT2D eigenvalue weighted by atomic mass is 32.2. The maximum atomic E-state index is 10.9. The third-order valence-corrected chi connectivity index (χ3v) is 4.32. The van der Waals surface area contributed by atoms with Crippen molar-refractivity contribution in [3.05, 3.63) is 0 Å². The molecule has 0 amide bonds. The Balaban J connectivity index is 3.65. The molecule has 0 saturated heterocycles. The smallest absolute Gasteiger partial charge is 0.267 e. The van der Waals surface area contributed by atoms with Gasteiger partial charge in [-0.15, -0.1) is 0 Å². The summed E-state index contributed by atoms with van der Waals surface area (Å²) in [6.45, 7) is 3.70. The van der Waals surface area contributed by atoms with Crippen LogP contribution in [0.15, 0.2) is 0 Å². The van der Waals surface area contributed by atoms with Crippen LogP contribution in [0.3, 0.4) is 0 Å². The minimum atomic E-state index is -3.87. The molecular formula is C11H24O4S. The molecule has 0 aromatic carbocycles. The fraction of sp³-hybridized carbons (Fsp3) is 1.00. The van der Waals surface area contributed by atoms with E-state index in [0.29, 0.717) is 12.8 Å². The fourth-order valence-corrected chi connectivity index (χ4v) is 2.58. The van der Waals surface area contributed by atoms with E-state index >= 15 is 0 Å². The lowest BCUT2D eigenvalue weighted by Crippen LogP contribution is -2.19. The number of unbranched alkanes of at least 4 members (excludes halogenated alkanes) is 2. The van der Waals surface area contributed by atoms with E-state index in [0.717, 1.165) is 32.1 Å². The first-order chi connectivity index (χ1) is 7.41. The zero-order valence-electron chi connectivity index (χ0n) is 10.2. The molecule has 0 fully saturated rings. The molecule has 0 aliphatic rings. The van der Waals surface area contributed by atoms with Gasteiger partial charge in [0.2, 0.25) is 0 Å². The lowest BCUT2D eigenvalue weighted by molar-refractivity contribution is 0.156. The van der Waals surface area contributed by atoms with Crippen molar-refractivity contribution in [1.82, 2.24) is 0 Å². The van der Waals surface area contributed by atoms with Gasteiger partial charge in [0.05, 0.1) is 11.4 Å². The van der Waals surface area contributed by atoms with Crippen LogP contribution in [0.25, 0.3) is 0 Å². The van der Waals surface area contributed by atoms with Crippen molar-refractivity contribution in [3.63, 3.8) is 0 Å². The van der Waals surface area contributed by atoms with E-state index in [2.05, 4.69) is 0 Å². The SMILES string of the molecule is CCC(O)CCCCCC(CC)S(=O)(=O)O. The van der Waals surface area contributed by atoms with Gasteiger partial charge >= 0.3 is 0 Å². The molecule has 98 valence electrons. The molecule has 5 heteroatoms. The van der Waals surface area contributed by atoms with E-state index in [1.807, 2.05) is 6.92 Å². The Bertz CT molecular complexity index is 261. The molecule has 0 saturated carbocycles. The second kappa shape index (κ2) is 8.03. The second-order valence-corrected chi connectivity index (χ2v) is 5.94. The van der Waals surface area contributed by atoms with Crippen LogP contribution in [0.5, 0.6) is 0 Å². The summed E-state index contributed by atoms with van der Waals surface area (Å²) in [6, 6.07) is 0. The van der Waals surface area contributed by atoms with Crippen molar-refractivity contribution in [3.8, 4) is 0 Å². The maximum Gasteiger partial charge on any atom is 0.267 e. The Kier molecular flexibility index (Phi) is 7.97. The molecule has 16 heavy (non-hydrogen) atoms. The number of hydrogen-bond donors (Lipinski definition) is 2. The van der Waals surface area contributed by atoms with Gasteiger partial charge in [-0.2, -0.15) is 8.42 Å². The number of hydrogen-bond acceptors (Lipinski definition) is 3. The first-order valence-corrected chi connectivity index (χ1v) is 7.56. The summed E-state index contributed by atoms with van der Waals surface area (Å²) in [6.07, 6.45) is 4.88. The largest absolute Gasteiger partial charge is 0.393 e. The van der Waals surface area contributed by atoms with E-state index in [4.69, 9.17) is 4.55 Å². The van der Waals surface area contributed by atoms with Crippen LogP contribution in [-0.2, 0) is 10.1 Å². The van der Waals surface area contributed by atoms with Gasteiger partial charge in [0.15, 0.2) is 0 Å². The van der Waals surface area contributed by atoms with Crippen LogP contribution < -0.4 is 0 Å². The minimum Gasteiger partial charge on any atom is -0.393 e. The first-order valence-electron chi connectivity index (χ1n) is 6.06. The Hall–Kier alpha value is -0.130. The quantitative estimate of drug-likeness (QED) is 0.488. The monoisotopic (exact) mass is 252 g/mol. The Morgan fingerprint density at radius 1 is 1.00 bits per heavy atom. The Labute approximate surface area is 98.8 Å². The van der Waals surface area contributed by atoms with Gasteiger partial charge < -0.3 is 5.11 Å². The van der Waals surface area contributed by atoms with Gasteiger partial charge in [-0.3, -0.25) is 4.55 Å². The normalized spacial score (nSPS) is 16.0. The van der Waals surface area contributed by atoms with E-state index < -0.39 is 15.4 Å². The number of rotatable bonds is 9. The summed E-state index contributed by atoms with van der Waals surface area (Å²) >= 11 is 0. The fourth-order valence-electron chi connectivity index (χ4n) is 1.70. The van der Waals surface area contributed by atoms with E-state index in [1.165, 1.54) is 0 Å². The molecule has 0 aliphatic heterocycles. The van der Waals surface area contributed by atoms with E-state index in [1.54, 1.807) is 6.92 Å². The molecule has 2 N–H and O–H groups in total. The maximum absolute atomic E-state index is 10.9. The molecule has 0 aromatic heterocycles. The molecular weight excluding hydrogens is 228 g/mol. The highest BCUT2D eigenvalue weighted by Gasteiger charge is 2.19. The predicted octanol–water partition coefficient (Wildman–Crippen LogP) is 2.37. The van der Waals surface area contributed by atoms with Crippen LogP contribution >= 0.6 is 0 Å². The van der Waals surface area contributed by atoms with Gasteiger partial charge in [0.25, 0.3) is 10.1 Å². The highest BCUT2D eigenvalue weighted by Crippen LogP contribution is 2.15. The van der Waals surface area contributed by atoms with Crippen molar-refractivity contribution >= 4 is 10.1 Å². The summed E-state index contributed by atoms with van der Waals surface area (Å²) < 4.78 is 30.7. The van der Waals surface area contributed by atoms with Crippen LogP contribution in [0.1, 0.15) is 58.8 Å². The molecule has 2 unspecified atom stereocenters. The molecule has 0 radical (unpaired) electrons. The van der Waals surface area contributed by atoms with E-state index in [9.17, 15) is 13.5 Å². The first kappa shape index (κ1) is 15.9. The van der Waals surface area contributed by atoms with Gasteiger partial charge in [-0.1, -0.05) is 33.1 Å². The minimum absolute atomic E-state index is 0.233. The third-order valence-electron chi connectivity index (χ3n) is 2.91. The molecule has 0 aliphatic carbocycles. The highest BCUT2D eigenvalue weighted by molar-refractivity contribution is 7.86. The van der Waals surface area contributed by atoms with Gasteiger partial charge in [-0.05, 0) is 25.7 Å². The predicted molar refractivity (Wildman–Crippen MR) is 65.0 cm³/mol. The molecule has 0 heterocycles. The zero-order chi connectivity index (χ0) is 12.6. The lowest BCUT2D eigenvalue weighted by atomic mass is 10.1. The Morgan fingerprint density at radius 3 is 2.00 bits per heavy atom. The number of aliphatic hydroxyl groups is 1. The average Bonchev–Trinajstić information content (AvgIpc) is 2.20. The summed E-state index contributed by atoms with van der Waals surface area (Å²) in [5.41, 5.74) is 0. The molecule has 2 atom stereocenters. The molecule has 0 rings (SSSR count). The average molecular weight is 252 g/mol. The van der Waals surface area contributed by atoms with Crippen LogP contribution in [-0.4, -0.2) is 29.4 Å². The standard InChI is InChI=1S/C11H24O4S/c1-3-10(12)8-6-5-7-9-11(4-2)16(13,14)15/h10-12H,3-9H2,1-2H3,(H,13,14,15). The van der Waals surface area contributed by atoms with Crippen molar-refractivity contribution in [2.24, 2.45) is 0 Å². The van der Waals surface area contributed by atoms with Crippen molar-refractivity contribution in [2.45, 2.75) is 70.1 Å². The molecule has 0 aromatic rings. The molecule has 0 bridgehead atoms. The van der Waals surface area contributed by atoms with Crippen LogP contribution in [0, 0.1) is 0 Å². The van der Waals surface area contributed by atoms with Gasteiger partial charge in [0.1, 0.15) is 0 Å². The van der Waals surface area contributed by atoms with E-state index in [-0.39, 0.29) is 6.10 Å². The topological polar surface area (TPSA) is 74.6 Å². The van der Waals surface area contributed by atoms with Crippen molar-refractivity contribution in [2.75, 3.05) is 0 Å². The second-order valence-electron chi connectivity index (χ2n) is 4.25. The summed E-state index contributed by atoms with van der Waals surface area (Å²) in [4.78, 5) is 0. The lowest BCUT2D eigenvalue weighted by Gasteiger charge is -2.11. The summed E-state index contributed by atoms with van der Waals surface area (Å²) in [5.74, 6) is 0. The van der Waals surface area contributed by atoms with Crippen LogP contribution in [0.4, 0.5) is 0 Å². The summed E-state index contributed by atoms with van der Waals surface area (Å²) in [5, 5.41) is 8.68. The molecule has 4 nitrogen and oxygen atoms in total. The van der Waals surface area contributed by atoms with Crippen LogP contribution in [0.2, 0.25) is 0 Å². The molecule has 0 spiro atoms. The Morgan fingerprint density at radius 2 is 1.56 bits per heavy atom. The third kappa shape index (κ3) is 7.19. The van der Waals surface area contributed by atoms with Crippen molar-refractivity contribution in [1.29, 1.82) is 0 Å². The zero-order valence-corrected chi connectivity index (χ0v) is 11.0. The number of aliphatic hydroxyl groups excluding tert-OH is 1. The summed E-state index contributed by atoms with van der Waals surface area (Å²) in [7, 11) is -3.87.